The van der Waals surface area contributed by atoms with Crippen LogP contribution >= 0.6 is 24.8 Å². The molecule has 3 rings (SSSR count). The zero-order valence-electron chi connectivity index (χ0n) is 13.4. The maximum atomic E-state index is 12.6. The Morgan fingerprint density at radius 1 is 1.26 bits per heavy atom. The molecule has 0 radical (unpaired) electrons. The number of hydrogen-bond donors (Lipinski definition) is 1. The first kappa shape index (κ1) is 20.0. The Labute approximate surface area is 150 Å². The summed E-state index contributed by atoms with van der Waals surface area (Å²) in [6.07, 6.45) is 0.500. The summed E-state index contributed by atoms with van der Waals surface area (Å²) >= 11 is 0. The van der Waals surface area contributed by atoms with Gasteiger partial charge in [-0.1, -0.05) is 12.1 Å². The van der Waals surface area contributed by atoms with Gasteiger partial charge in [-0.2, -0.15) is 0 Å². The van der Waals surface area contributed by atoms with Crippen LogP contribution < -0.4 is 15.1 Å². The number of ether oxygens (including phenoxy) is 1. The molecular formula is C16H25Cl2N3O2. The number of anilines is 2. The van der Waals surface area contributed by atoms with E-state index in [2.05, 4.69) is 23.2 Å². The number of rotatable bonds is 3. The molecule has 1 saturated heterocycles. The smallest absolute Gasteiger partial charge is 0.228 e. The Balaban J connectivity index is 0.00000132. The van der Waals surface area contributed by atoms with Crippen LogP contribution in [0.3, 0.4) is 0 Å². The van der Waals surface area contributed by atoms with Crippen LogP contribution in [0.4, 0.5) is 11.4 Å². The van der Waals surface area contributed by atoms with Crippen LogP contribution in [0.25, 0.3) is 0 Å². The number of halogens is 2. The van der Waals surface area contributed by atoms with Crippen molar-refractivity contribution >= 4 is 42.1 Å². The van der Waals surface area contributed by atoms with Crippen molar-refractivity contribution in [1.29, 1.82) is 0 Å². The molecule has 0 saturated carbocycles. The molecule has 1 amide bonds. The number of amides is 1. The Bertz CT molecular complexity index is 510. The Morgan fingerprint density at radius 3 is 2.65 bits per heavy atom. The lowest BCUT2D eigenvalue weighted by molar-refractivity contribution is -0.119. The molecule has 130 valence electrons. The molecule has 1 atom stereocenters. The first-order valence-corrected chi connectivity index (χ1v) is 7.75. The quantitative estimate of drug-likeness (QED) is 0.894. The molecule has 1 aromatic carbocycles. The van der Waals surface area contributed by atoms with Crippen molar-refractivity contribution in [3.05, 3.63) is 24.3 Å². The van der Waals surface area contributed by atoms with Crippen LogP contribution in [-0.2, 0) is 9.53 Å². The minimum absolute atomic E-state index is 0. The first-order valence-electron chi connectivity index (χ1n) is 7.75. The normalized spacial score (nSPS) is 20.1. The van der Waals surface area contributed by atoms with Crippen LogP contribution in [0.15, 0.2) is 24.3 Å². The second-order valence-electron chi connectivity index (χ2n) is 5.54. The van der Waals surface area contributed by atoms with E-state index in [4.69, 9.17) is 4.74 Å². The maximum Gasteiger partial charge on any atom is 0.228 e. The predicted molar refractivity (Wildman–Crippen MR) is 98.4 cm³/mol. The summed E-state index contributed by atoms with van der Waals surface area (Å²) in [5.74, 6) is 0.182. The topological polar surface area (TPSA) is 44.8 Å². The Morgan fingerprint density at radius 2 is 2.00 bits per heavy atom. The summed E-state index contributed by atoms with van der Waals surface area (Å²) in [5, 5.41) is 3.35. The van der Waals surface area contributed by atoms with Gasteiger partial charge in [-0.25, -0.2) is 0 Å². The zero-order chi connectivity index (χ0) is 14.7. The number of nitrogens with one attached hydrogen (secondary N) is 1. The molecule has 1 aromatic rings. The van der Waals surface area contributed by atoms with E-state index >= 15 is 0 Å². The van der Waals surface area contributed by atoms with Gasteiger partial charge in [0.1, 0.15) is 0 Å². The van der Waals surface area contributed by atoms with Crippen LogP contribution in [0.5, 0.6) is 0 Å². The fourth-order valence-corrected chi connectivity index (χ4v) is 3.08. The molecule has 0 bridgehead atoms. The van der Waals surface area contributed by atoms with Gasteiger partial charge in [0.2, 0.25) is 5.91 Å². The van der Waals surface area contributed by atoms with Gasteiger partial charge >= 0.3 is 0 Å². The van der Waals surface area contributed by atoms with Crippen LogP contribution in [-0.4, -0.2) is 51.3 Å². The van der Waals surface area contributed by atoms with Crippen molar-refractivity contribution in [3.63, 3.8) is 0 Å². The molecule has 1 unspecified atom stereocenters. The van der Waals surface area contributed by atoms with Crippen LogP contribution in [0.2, 0.25) is 0 Å². The number of carbonyl (C=O) groups excluding carboxylic acids is 1. The summed E-state index contributed by atoms with van der Waals surface area (Å²) in [7, 11) is 0. The highest BCUT2D eigenvalue weighted by Crippen LogP contribution is 2.33. The molecule has 5 nitrogen and oxygen atoms in total. The lowest BCUT2D eigenvalue weighted by Gasteiger charge is -2.38. The highest BCUT2D eigenvalue weighted by Gasteiger charge is 2.27. The largest absolute Gasteiger partial charge is 0.378 e. The third-order valence-corrected chi connectivity index (χ3v) is 4.21. The number of carbonyl (C=O) groups is 1. The molecule has 7 heteroatoms. The fraction of sp³-hybridized carbons (Fsp3) is 0.562. The van der Waals surface area contributed by atoms with Gasteiger partial charge in [0.15, 0.2) is 0 Å². The van der Waals surface area contributed by atoms with E-state index in [1.807, 2.05) is 23.1 Å². The van der Waals surface area contributed by atoms with Gasteiger partial charge in [-0.3, -0.25) is 4.79 Å². The number of morpholine rings is 1. The van der Waals surface area contributed by atoms with E-state index in [0.717, 1.165) is 44.2 Å². The van der Waals surface area contributed by atoms with Crippen LogP contribution in [0.1, 0.15) is 13.3 Å². The summed E-state index contributed by atoms with van der Waals surface area (Å²) in [6.45, 7) is 6.98. The number of fused-ring (bicyclic) bond motifs is 1. The summed E-state index contributed by atoms with van der Waals surface area (Å²) < 4.78 is 5.43. The van der Waals surface area contributed by atoms with E-state index in [9.17, 15) is 4.79 Å². The minimum Gasteiger partial charge on any atom is -0.378 e. The highest BCUT2D eigenvalue weighted by atomic mass is 35.5. The lowest BCUT2D eigenvalue weighted by atomic mass is 10.1. The van der Waals surface area contributed by atoms with Crippen molar-refractivity contribution in [2.75, 3.05) is 49.2 Å². The van der Waals surface area contributed by atoms with Crippen molar-refractivity contribution in [3.8, 4) is 0 Å². The number of benzene rings is 1. The molecule has 2 heterocycles. The van der Waals surface area contributed by atoms with Crippen molar-refractivity contribution in [1.82, 2.24) is 5.32 Å². The van der Waals surface area contributed by atoms with Gasteiger partial charge < -0.3 is 19.9 Å². The van der Waals surface area contributed by atoms with E-state index in [1.54, 1.807) is 0 Å². The predicted octanol–water partition coefficient (Wildman–Crippen LogP) is 2.08. The maximum absolute atomic E-state index is 12.6. The van der Waals surface area contributed by atoms with Gasteiger partial charge in [0, 0.05) is 38.6 Å². The number of nitrogens with zero attached hydrogens (tertiary/aromatic N) is 2. The summed E-state index contributed by atoms with van der Waals surface area (Å²) in [5.41, 5.74) is 2.19. The summed E-state index contributed by atoms with van der Waals surface area (Å²) in [4.78, 5) is 16.9. The third-order valence-electron chi connectivity index (χ3n) is 4.21. The molecule has 0 aliphatic carbocycles. The first-order chi connectivity index (χ1) is 10.3. The molecule has 2 aliphatic rings. The van der Waals surface area contributed by atoms with E-state index in [1.165, 1.54) is 0 Å². The van der Waals surface area contributed by atoms with Gasteiger partial charge in [-0.05, 0) is 19.1 Å². The average Bonchev–Trinajstić information content (AvgIpc) is 2.54. The van der Waals surface area contributed by atoms with Crippen LogP contribution in [0, 0.1) is 0 Å². The zero-order valence-corrected chi connectivity index (χ0v) is 15.0. The second-order valence-corrected chi connectivity index (χ2v) is 5.54. The van der Waals surface area contributed by atoms with Crippen molar-refractivity contribution in [2.45, 2.75) is 19.4 Å². The molecule has 2 aliphatic heterocycles. The molecule has 0 aromatic heterocycles. The average molecular weight is 362 g/mol. The van der Waals surface area contributed by atoms with E-state index in [-0.39, 0.29) is 36.8 Å². The van der Waals surface area contributed by atoms with E-state index < -0.39 is 0 Å². The lowest BCUT2D eigenvalue weighted by Crippen LogP contribution is -2.48. The Kier molecular flexibility index (Phi) is 8.12. The Hall–Kier alpha value is -1.01. The third kappa shape index (κ3) is 4.51. The minimum atomic E-state index is 0. The molecular weight excluding hydrogens is 337 g/mol. The second kappa shape index (κ2) is 9.33. The number of hydrogen-bond acceptors (Lipinski definition) is 4. The van der Waals surface area contributed by atoms with Gasteiger partial charge in [-0.15, -0.1) is 24.8 Å². The van der Waals surface area contributed by atoms with Crippen molar-refractivity contribution < 1.29 is 9.53 Å². The standard InChI is InChI=1S/C16H23N3O2.2ClH/c1-2-18-8-9-19(15-6-4-3-5-14(15)18)16(20)11-13-12-21-10-7-17-13;;/h3-6,13,17H,2,7-12H2,1H3;2*1H. The van der Waals surface area contributed by atoms with Gasteiger partial charge in [0.05, 0.1) is 24.6 Å². The highest BCUT2D eigenvalue weighted by molar-refractivity contribution is 5.98. The molecule has 23 heavy (non-hydrogen) atoms. The van der Waals surface area contributed by atoms with Gasteiger partial charge in [0.25, 0.3) is 0 Å². The SMILES string of the molecule is CCN1CCN(C(=O)CC2COCCN2)c2ccccc21.Cl.Cl. The molecule has 1 fully saturated rings. The number of likely N-dealkylation sites (N-methyl/N-ethyl adjacent to an activating group) is 1. The fourth-order valence-electron chi connectivity index (χ4n) is 3.08. The van der Waals surface area contributed by atoms with Crippen molar-refractivity contribution in [2.24, 2.45) is 0 Å². The monoisotopic (exact) mass is 361 g/mol. The number of para-hydroxylation sites is 2. The van der Waals surface area contributed by atoms with E-state index in [0.29, 0.717) is 13.0 Å². The summed E-state index contributed by atoms with van der Waals surface area (Å²) in [6, 6.07) is 8.31. The molecule has 0 spiro atoms. The molecule has 1 N–H and O–H groups in total.